The molecule has 22 heavy (non-hydrogen) atoms. The van der Waals surface area contributed by atoms with Crippen LogP contribution in [0.15, 0.2) is 16.3 Å². The first-order valence-corrected chi connectivity index (χ1v) is 10.1. The second kappa shape index (κ2) is 7.57. The molecule has 5 nitrogen and oxygen atoms in total. The molecule has 0 bridgehead atoms. The summed E-state index contributed by atoms with van der Waals surface area (Å²) in [4.78, 5) is 14.6. The molecule has 1 aromatic rings. The van der Waals surface area contributed by atoms with Gasteiger partial charge in [-0.05, 0) is 31.4 Å². The van der Waals surface area contributed by atoms with Crippen molar-refractivity contribution in [3.8, 4) is 0 Å². The fourth-order valence-corrected chi connectivity index (χ4v) is 5.24. The molecule has 124 valence electrons. The highest BCUT2D eigenvalue weighted by molar-refractivity contribution is 7.91. The summed E-state index contributed by atoms with van der Waals surface area (Å²) in [7, 11) is -3.46. The molecule has 1 heterocycles. The van der Waals surface area contributed by atoms with Gasteiger partial charge in [-0.1, -0.05) is 19.8 Å². The number of sulfonamides is 1. The van der Waals surface area contributed by atoms with E-state index >= 15 is 0 Å². The van der Waals surface area contributed by atoms with E-state index in [1.165, 1.54) is 11.3 Å². The number of hydrogen-bond acceptors (Lipinski definition) is 4. The highest BCUT2D eigenvalue weighted by Crippen LogP contribution is 2.24. The third-order valence-electron chi connectivity index (χ3n) is 4.07. The zero-order valence-corrected chi connectivity index (χ0v) is 14.8. The lowest BCUT2D eigenvalue weighted by Gasteiger charge is -2.27. The Kier molecular flexibility index (Phi) is 6.00. The van der Waals surface area contributed by atoms with Gasteiger partial charge in [0, 0.05) is 30.9 Å². The van der Waals surface area contributed by atoms with Crippen molar-refractivity contribution in [2.75, 3.05) is 13.1 Å². The third kappa shape index (κ3) is 4.30. The molecular formula is C15H24N2O3S2. The number of carbonyl (C=O) groups is 1. The van der Waals surface area contributed by atoms with E-state index in [4.69, 9.17) is 0 Å². The van der Waals surface area contributed by atoms with Crippen molar-refractivity contribution < 1.29 is 13.2 Å². The van der Waals surface area contributed by atoms with Gasteiger partial charge in [-0.15, -0.1) is 11.3 Å². The molecule has 1 aliphatic carbocycles. The van der Waals surface area contributed by atoms with Crippen LogP contribution in [0.4, 0.5) is 0 Å². The average Bonchev–Trinajstić information content (AvgIpc) is 3.14. The molecule has 1 aromatic heterocycles. The van der Waals surface area contributed by atoms with E-state index in [1.807, 2.05) is 13.0 Å². The predicted octanol–water partition coefficient (Wildman–Crippen LogP) is 2.38. The van der Waals surface area contributed by atoms with Crippen LogP contribution in [0.25, 0.3) is 0 Å². The van der Waals surface area contributed by atoms with Gasteiger partial charge < -0.3 is 4.90 Å². The minimum absolute atomic E-state index is 0.0236. The van der Waals surface area contributed by atoms with Crippen LogP contribution in [0.3, 0.4) is 0 Å². The van der Waals surface area contributed by atoms with Gasteiger partial charge in [0.2, 0.25) is 15.9 Å². The van der Waals surface area contributed by atoms with E-state index in [0.717, 1.165) is 37.0 Å². The highest BCUT2D eigenvalue weighted by Gasteiger charge is 2.25. The second-order valence-electron chi connectivity index (χ2n) is 5.62. The van der Waals surface area contributed by atoms with E-state index in [2.05, 4.69) is 4.72 Å². The van der Waals surface area contributed by atoms with Gasteiger partial charge in [-0.3, -0.25) is 4.79 Å². The van der Waals surface area contributed by atoms with Crippen molar-refractivity contribution in [3.05, 3.63) is 17.0 Å². The van der Waals surface area contributed by atoms with E-state index in [9.17, 15) is 13.2 Å². The van der Waals surface area contributed by atoms with Gasteiger partial charge in [0.05, 0.1) is 0 Å². The Morgan fingerprint density at radius 2 is 2.05 bits per heavy atom. The Bertz CT molecular complexity index is 604. The summed E-state index contributed by atoms with van der Waals surface area (Å²) < 4.78 is 27.4. The van der Waals surface area contributed by atoms with E-state index < -0.39 is 10.0 Å². The van der Waals surface area contributed by atoms with Gasteiger partial charge in [0.25, 0.3) is 0 Å². The maximum atomic E-state index is 12.2. The normalized spacial score (nSPS) is 16.1. The number of hydrogen-bond donors (Lipinski definition) is 1. The molecule has 1 amide bonds. The molecule has 7 heteroatoms. The first kappa shape index (κ1) is 17.4. The maximum absolute atomic E-state index is 12.2. The van der Waals surface area contributed by atoms with Crippen molar-refractivity contribution in [3.63, 3.8) is 0 Å². The van der Waals surface area contributed by atoms with Crippen molar-refractivity contribution >= 4 is 27.3 Å². The van der Waals surface area contributed by atoms with E-state index in [0.29, 0.717) is 10.8 Å². The molecular weight excluding hydrogens is 320 g/mol. The number of nitrogens with zero attached hydrogens (tertiary/aromatic N) is 1. The average molecular weight is 345 g/mol. The van der Waals surface area contributed by atoms with Gasteiger partial charge in [-0.25, -0.2) is 13.1 Å². The van der Waals surface area contributed by atoms with Crippen molar-refractivity contribution in [2.45, 2.75) is 56.2 Å². The molecule has 0 spiro atoms. The monoisotopic (exact) mass is 344 g/mol. The van der Waals surface area contributed by atoms with Crippen molar-refractivity contribution in [1.29, 1.82) is 0 Å². The van der Waals surface area contributed by atoms with Crippen LogP contribution >= 0.6 is 11.3 Å². The number of carbonyl (C=O) groups excluding carboxylic acids is 1. The summed E-state index contributed by atoms with van der Waals surface area (Å²) in [6.07, 6.45) is 5.18. The zero-order chi connectivity index (χ0) is 16.2. The van der Waals surface area contributed by atoms with Crippen LogP contribution in [0, 0.1) is 0 Å². The SMILES string of the molecule is CCc1ccc(S(=O)(=O)NCCN(C(C)=O)C2CCCC2)s1. The van der Waals surface area contributed by atoms with Crippen LogP contribution in [0.5, 0.6) is 0 Å². The molecule has 1 aliphatic rings. The Balaban J connectivity index is 1.91. The fourth-order valence-electron chi connectivity index (χ4n) is 2.88. The third-order valence-corrected chi connectivity index (χ3v) is 7.25. The van der Waals surface area contributed by atoms with Gasteiger partial charge >= 0.3 is 0 Å². The molecule has 0 aromatic carbocycles. The molecule has 1 N–H and O–H groups in total. The van der Waals surface area contributed by atoms with Crippen LogP contribution in [-0.4, -0.2) is 38.4 Å². The molecule has 0 atom stereocenters. The van der Waals surface area contributed by atoms with Crippen molar-refractivity contribution in [1.82, 2.24) is 9.62 Å². The molecule has 1 saturated carbocycles. The smallest absolute Gasteiger partial charge is 0.250 e. The summed E-state index contributed by atoms with van der Waals surface area (Å²) in [5, 5.41) is 0. The van der Waals surface area contributed by atoms with Gasteiger partial charge in [0.1, 0.15) is 4.21 Å². The lowest BCUT2D eigenvalue weighted by atomic mass is 10.2. The number of rotatable bonds is 7. The lowest BCUT2D eigenvalue weighted by Crippen LogP contribution is -2.42. The summed E-state index contributed by atoms with van der Waals surface area (Å²) in [6, 6.07) is 3.76. The first-order chi connectivity index (χ1) is 10.4. The summed E-state index contributed by atoms with van der Waals surface area (Å²) >= 11 is 1.30. The van der Waals surface area contributed by atoms with E-state index in [1.54, 1.807) is 17.9 Å². The first-order valence-electron chi connectivity index (χ1n) is 7.79. The number of amides is 1. The summed E-state index contributed by atoms with van der Waals surface area (Å²) in [6.45, 7) is 4.25. The zero-order valence-electron chi connectivity index (χ0n) is 13.2. The second-order valence-corrected chi connectivity index (χ2v) is 8.78. The Hall–Kier alpha value is -0.920. The molecule has 0 unspecified atom stereocenters. The lowest BCUT2D eigenvalue weighted by molar-refractivity contribution is -0.130. The number of nitrogens with one attached hydrogen (secondary N) is 1. The Morgan fingerprint density at radius 1 is 1.36 bits per heavy atom. The van der Waals surface area contributed by atoms with Gasteiger partial charge in [0.15, 0.2) is 0 Å². The van der Waals surface area contributed by atoms with Crippen LogP contribution in [0.1, 0.15) is 44.4 Å². The number of thiophene rings is 1. The fraction of sp³-hybridized carbons (Fsp3) is 0.667. The predicted molar refractivity (Wildman–Crippen MR) is 88.5 cm³/mol. The summed E-state index contributed by atoms with van der Waals surface area (Å²) in [5.41, 5.74) is 0. The Labute approximate surface area is 136 Å². The minimum Gasteiger partial charge on any atom is -0.339 e. The van der Waals surface area contributed by atoms with Crippen LogP contribution < -0.4 is 4.72 Å². The van der Waals surface area contributed by atoms with Gasteiger partial charge in [-0.2, -0.15) is 0 Å². The van der Waals surface area contributed by atoms with Crippen molar-refractivity contribution in [2.24, 2.45) is 0 Å². The quantitative estimate of drug-likeness (QED) is 0.826. The molecule has 2 rings (SSSR count). The topological polar surface area (TPSA) is 66.5 Å². The highest BCUT2D eigenvalue weighted by atomic mass is 32.2. The largest absolute Gasteiger partial charge is 0.339 e. The standard InChI is InChI=1S/C15H24N2O3S2/c1-3-14-8-9-15(21-14)22(19,20)16-10-11-17(12(2)18)13-6-4-5-7-13/h8-9,13,16H,3-7,10-11H2,1-2H3. The Morgan fingerprint density at radius 3 is 2.59 bits per heavy atom. The molecule has 0 saturated heterocycles. The molecule has 0 aliphatic heterocycles. The number of aryl methyl sites for hydroxylation is 1. The van der Waals surface area contributed by atoms with Crippen LogP contribution in [0.2, 0.25) is 0 Å². The molecule has 0 radical (unpaired) electrons. The maximum Gasteiger partial charge on any atom is 0.250 e. The summed E-state index contributed by atoms with van der Waals surface area (Å²) in [5.74, 6) is 0.0236. The van der Waals surface area contributed by atoms with E-state index in [-0.39, 0.29) is 18.5 Å². The minimum atomic E-state index is -3.46. The molecule has 1 fully saturated rings. The van der Waals surface area contributed by atoms with Crippen LogP contribution in [-0.2, 0) is 21.2 Å².